The van der Waals surface area contributed by atoms with Crippen molar-refractivity contribution in [3.63, 3.8) is 0 Å². The smallest absolute Gasteiger partial charge is 0.0607 e. The summed E-state index contributed by atoms with van der Waals surface area (Å²) in [5, 5.41) is 21.0. The molecule has 0 saturated heterocycles. The molecule has 0 atom stereocenters. The van der Waals surface area contributed by atoms with Gasteiger partial charge in [-0.25, -0.2) is 0 Å². The Bertz CT molecular complexity index is 163. The quantitative estimate of drug-likeness (QED) is 0.594. The van der Waals surface area contributed by atoms with E-state index in [2.05, 4.69) is 19.2 Å². The van der Waals surface area contributed by atoms with Gasteiger partial charge in [0.1, 0.15) is 0 Å². The van der Waals surface area contributed by atoms with Gasteiger partial charge in [0.05, 0.1) is 19.3 Å². The van der Waals surface area contributed by atoms with Crippen LogP contribution in [0.4, 0.5) is 0 Å². The number of nitrogens with one attached hydrogen (secondary N) is 1. The normalized spacial score (nSPS) is 18.6. The number of rotatable bonds is 6. The molecule has 1 saturated carbocycles. The highest BCUT2D eigenvalue weighted by Gasteiger charge is 2.33. The van der Waals surface area contributed by atoms with E-state index in [1.165, 1.54) is 19.3 Å². The minimum Gasteiger partial charge on any atom is -0.395 e. The lowest BCUT2D eigenvalue weighted by molar-refractivity contribution is 0.0995. The lowest BCUT2D eigenvalue weighted by Gasteiger charge is -2.41. The van der Waals surface area contributed by atoms with Gasteiger partial charge in [-0.05, 0) is 24.2 Å². The van der Waals surface area contributed by atoms with Crippen molar-refractivity contribution in [2.45, 2.75) is 39.2 Å². The van der Waals surface area contributed by atoms with Crippen molar-refractivity contribution in [1.82, 2.24) is 5.32 Å². The topological polar surface area (TPSA) is 52.5 Å². The van der Waals surface area contributed by atoms with Gasteiger partial charge in [-0.3, -0.25) is 0 Å². The Kier molecular flexibility index (Phi) is 4.35. The van der Waals surface area contributed by atoms with Gasteiger partial charge in [0.25, 0.3) is 0 Å². The van der Waals surface area contributed by atoms with Crippen LogP contribution >= 0.6 is 0 Å². The van der Waals surface area contributed by atoms with E-state index in [-0.39, 0.29) is 19.3 Å². The average molecular weight is 201 g/mol. The molecule has 0 aliphatic heterocycles. The predicted molar refractivity (Wildman–Crippen MR) is 57.1 cm³/mol. The zero-order chi connectivity index (χ0) is 10.6. The molecule has 0 amide bonds. The minimum atomic E-state index is -0.158. The molecule has 0 spiro atoms. The molecule has 3 heteroatoms. The van der Waals surface area contributed by atoms with Gasteiger partial charge in [0.15, 0.2) is 0 Å². The van der Waals surface area contributed by atoms with E-state index in [9.17, 15) is 0 Å². The van der Waals surface area contributed by atoms with E-state index in [0.717, 1.165) is 12.5 Å². The summed E-state index contributed by atoms with van der Waals surface area (Å²) in [5.74, 6) is 0.813. The molecule has 1 aliphatic carbocycles. The monoisotopic (exact) mass is 201 g/mol. The molecule has 0 heterocycles. The van der Waals surface area contributed by atoms with Gasteiger partial charge in [-0.15, -0.1) is 0 Å². The summed E-state index contributed by atoms with van der Waals surface area (Å²) in [4.78, 5) is 0. The molecular weight excluding hydrogens is 178 g/mol. The van der Waals surface area contributed by atoms with E-state index in [0.29, 0.717) is 5.41 Å². The van der Waals surface area contributed by atoms with Crippen molar-refractivity contribution >= 4 is 0 Å². The van der Waals surface area contributed by atoms with Gasteiger partial charge >= 0.3 is 0 Å². The van der Waals surface area contributed by atoms with Crippen LogP contribution in [0.3, 0.4) is 0 Å². The summed E-state index contributed by atoms with van der Waals surface area (Å²) in [5.41, 5.74) is 0.292. The fourth-order valence-electron chi connectivity index (χ4n) is 1.93. The number of hydrogen-bond acceptors (Lipinski definition) is 3. The van der Waals surface area contributed by atoms with E-state index in [4.69, 9.17) is 10.2 Å². The molecule has 84 valence electrons. The summed E-state index contributed by atoms with van der Waals surface area (Å²) < 4.78 is 0. The Labute approximate surface area is 86.5 Å². The fraction of sp³-hybridized carbons (Fsp3) is 1.00. The Balaban J connectivity index is 2.27. The fourth-order valence-corrected chi connectivity index (χ4v) is 1.93. The maximum absolute atomic E-state index is 8.91. The largest absolute Gasteiger partial charge is 0.395 e. The Hall–Kier alpha value is -0.120. The number of aliphatic hydroxyl groups is 2. The molecule has 3 nitrogen and oxygen atoms in total. The molecule has 3 N–H and O–H groups in total. The van der Waals surface area contributed by atoms with Crippen LogP contribution in [-0.2, 0) is 0 Å². The zero-order valence-corrected chi connectivity index (χ0v) is 9.29. The molecule has 0 aromatic heterocycles. The van der Waals surface area contributed by atoms with Crippen LogP contribution < -0.4 is 5.32 Å². The van der Waals surface area contributed by atoms with Gasteiger partial charge in [0.2, 0.25) is 0 Å². The van der Waals surface area contributed by atoms with Gasteiger partial charge in [-0.2, -0.15) is 0 Å². The minimum absolute atomic E-state index is 0.0112. The van der Waals surface area contributed by atoms with Gasteiger partial charge < -0.3 is 15.5 Å². The van der Waals surface area contributed by atoms with Gasteiger partial charge in [-0.1, -0.05) is 20.3 Å². The maximum atomic E-state index is 8.91. The summed E-state index contributed by atoms with van der Waals surface area (Å²) in [6.45, 7) is 5.42. The van der Waals surface area contributed by atoms with E-state index >= 15 is 0 Å². The lowest BCUT2D eigenvalue weighted by Crippen LogP contribution is -2.45. The van der Waals surface area contributed by atoms with Crippen molar-refractivity contribution in [1.29, 1.82) is 0 Å². The standard InChI is InChI=1S/C11H23NO2/c1-11(2,9-4-3-5-9)8-12-10(6-13)7-14/h9-10,12-14H,3-8H2,1-2H3. The molecule has 1 aliphatic rings. The highest BCUT2D eigenvalue weighted by atomic mass is 16.3. The highest BCUT2D eigenvalue weighted by molar-refractivity contribution is 4.86. The molecule has 1 rings (SSSR count). The first-order valence-corrected chi connectivity index (χ1v) is 5.55. The Morgan fingerprint density at radius 1 is 1.29 bits per heavy atom. The first-order chi connectivity index (χ1) is 6.60. The highest BCUT2D eigenvalue weighted by Crippen LogP contribution is 2.41. The van der Waals surface area contributed by atoms with Crippen LogP contribution in [0.2, 0.25) is 0 Å². The van der Waals surface area contributed by atoms with Crippen molar-refractivity contribution in [2.24, 2.45) is 11.3 Å². The average Bonchev–Trinajstić information content (AvgIpc) is 2.01. The second-order valence-corrected chi connectivity index (χ2v) is 5.06. The van der Waals surface area contributed by atoms with Crippen molar-refractivity contribution < 1.29 is 10.2 Å². The molecule has 0 aromatic rings. The maximum Gasteiger partial charge on any atom is 0.0607 e. The van der Waals surface area contributed by atoms with Crippen LogP contribution in [0.15, 0.2) is 0 Å². The first kappa shape index (κ1) is 12.0. The molecule has 0 aromatic carbocycles. The summed E-state index contributed by atoms with van der Waals surface area (Å²) >= 11 is 0. The molecule has 14 heavy (non-hydrogen) atoms. The predicted octanol–water partition coefficient (Wildman–Crippen LogP) is 0.755. The van der Waals surface area contributed by atoms with E-state index in [1.54, 1.807) is 0 Å². The first-order valence-electron chi connectivity index (χ1n) is 5.55. The number of hydrogen-bond donors (Lipinski definition) is 3. The number of aliphatic hydroxyl groups excluding tert-OH is 2. The second kappa shape index (κ2) is 5.10. The van der Waals surface area contributed by atoms with Crippen LogP contribution in [0.5, 0.6) is 0 Å². The molecule has 0 radical (unpaired) electrons. The third kappa shape index (κ3) is 2.94. The second-order valence-electron chi connectivity index (χ2n) is 5.06. The van der Waals surface area contributed by atoms with Crippen molar-refractivity contribution in [2.75, 3.05) is 19.8 Å². The Morgan fingerprint density at radius 2 is 1.86 bits per heavy atom. The van der Waals surface area contributed by atoms with Crippen LogP contribution in [-0.4, -0.2) is 36.0 Å². The SMILES string of the molecule is CC(C)(CNC(CO)CO)C1CCC1. The third-order valence-corrected chi connectivity index (χ3v) is 3.50. The van der Waals surface area contributed by atoms with Crippen LogP contribution in [0.1, 0.15) is 33.1 Å². The summed E-state index contributed by atoms with van der Waals surface area (Å²) in [6, 6.07) is -0.158. The molecule has 0 bridgehead atoms. The third-order valence-electron chi connectivity index (χ3n) is 3.50. The van der Waals surface area contributed by atoms with Crippen LogP contribution in [0.25, 0.3) is 0 Å². The zero-order valence-electron chi connectivity index (χ0n) is 9.29. The van der Waals surface area contributed by atoms with E-state index < -0.39 is 0 Å². The van der Waals surface area contributed by atoms with Gasteiger partial charge in [0, 0.05) is 6.54 Å². The summed E-state index contributed by atoms with van der Waals surface area (Å²) in [6.07, 6.45) is 4.02. The molecule has 0 unspecified atom stereocenters. The molecular formula is C11H23NO2. The summed E-state index contributed by atoms with van der Waals surface area (Å²) in [7, 11) is 0. The van der Waals surface area contributed by atoms with Crippen molar-refractivity contribution in [3.05, 3.63) is 0 Å². The lowest BCUT2D eigenvalue weighted by atomic mass is 9.67. The Morgan fingerprint density at radius 3 is 2.21 bits per heavy atom. The van der Waals surface area contributed by atoms with Crippen molar-refractivity contribution in [3.8, 4) is 0 Å². The van der Waals surface area contributed by atoms with Crippen LogP contribution in [0, 0.1) is 11.3 Å². The van der Waals surface area contributed by atoms with E-state index in [1.807, 2.05) is 0 Å². The molecule has 1 fully saturated rings.